The lowest BCUT2D eigenvalue weighted by Crippen LogP contribution is -2.37. The fraction of sp³-hybridized carbons (Fsp3) is 0.533. The highest BCUT2D eigenvalue weighted by Gasteiger charge is 2.21. The normalized spacial score (nSPS) is 15.3. The number of amides is 1. The van der Waals surface area contributed by atoms with E-state index in [9.17, 15) is 23.3 Å². The van der Waals surface area contributed by atoms with E-state index in [2.05, 4.69) is 4.72 Å². The molecule has 9 heteroatoms. The van der Waals surface area contributed by atoms with Crippen LogP contribution < -0.4 is 4.72 Å². The maximum atomic E-state index is 12.3. The average molecular weight is 355 g/mol. The van der Waals surface area contributed by atoms with E-state index in [1.165, 1.54) is 12.1 Å². The Hall–Kier alpha value is -2.00. The van der Waals surface area contributed by atoms with Gasteiger partial charge in [0.05, 0.1) is 9.82 Å². The number of hydrogen-bond donors (Lipinski definition) is 1. The van der Waals surface area contributed by atoms with Crippen molar-refractivity contribution in [3.05, 3.63) is 33.9 Å². The zero-order valence-electron chi connectivity index (χ0n) is 13.5. The van der Waals surface area contributed by atoms with E-state index in [1.54, 1.807) is 11.8 Å². The second-order valence-electron chi connectivity index (χ2n) is 5.80. The number of rotatable bonds is 6. The van der Waals surface area contributed by atoms with E-state index in [1.807, 2.05) is 0 Å². The number of nitrogens with one attached hydrogen (secondary N) is 1. The number of nitro groups is 1. The molecule has 1 aromatic rings. The molecule has 0 radical (unpaired) electrons. The minimum atomic E-state index is -3.90. The Labute approximate surface area is 141 Å². The maximum absolute atomic E-state index is 12.3. The summed E-state index contributed by atoms with van der Waals surface area (Å²) in [6, 6.07) is 3.68. The molecule has 1 aliphatic rings. The Kier molecular flexibility index (Phi) is 5.89. The number of nitrogens with zero attached hydrogens (tertiary/aromatic N) is 2. The molecule has 0 unspecified atom stereocenters. The molecule has 0 bridgehead atoms. The molecule has 0 aromatic heterocycles. The van der Waals surface area contributed by atoms with Gasteiger partial charge in [-0.15, -0.1) is 0 Å². The van der Waals surface area contributed by atoms with Crippen LogP contribution in [0.15, 0.2) is 23.1 Å². The van der Waals surface area contributed by atoms with E-state index < -0.39 is 14.9 Å². The Morgan fingerprint density at radius 1 is 1.29 bits per heavy atom. The number of carbonyl (C=O) groups excluding carboxylic acids is 1. The number of non-ortho nitro benzene ring substituents is 1. The Bertz CT molecular complexity index is 727. The van der Waals surface area contributed by atoms with Crippen LogP contribution in [0.1, 0.15) is 31.2 Å². The van der Waals surface area contributed by atoms with Crippen molar-refractivity contribution < 1.29 is 18.1 Å². The lowest BCUT2D eigenvalue weighted by atomic mass is 10.1. The van der Waals surface area contributed by atoms with Crippen molar-refractivity contribution in [2.75, 3.05) is 19.6 Å². The molecule has 0 saturated carbocycles. The zero-order chi connectivity index (χ0) is 17.7. The summed E-state index contributed by atoms with van der Waals surface area (Å²) in [6.07, 6.45) is 3.14. The van der Waals surface area contributed by atoms with Crippen LogP contribution in [-0.4, -0.2) is 43.8 Å². The number of carbonyl (C=O) groups is 1. The third kappa shape index (κ3) is 4.51. The van der Waals surface area contributed by atoms with Crippen molar-refractivity contribution in [2.24, 2.45) is 0 Å². The lowest BCUT2D eigenvalue weighted by Gasteiger charge is -2.26. The average Bonchev–Trinajstić information content (AvgIpc) is 2.55. The van der Waals surface area contributed by atoms with Crippen LogP contribution >= 0.6 is 0 Å². The lowest BCUT2D eigenvalue weighted by molar-refractivity contribution is -0.385. The second-order valence-corrected chi connectivity index (χ2v) is 7.53. The molecule has 1 saturated heterocycles. The van der Waals surface area contributed by atoms with Gasteiger partial charge in [0.15, 0.2) is 0 Å². The van der Waals surface area contributed by atoms with Crippen LogP contribution in [0.2, 0.25) is 0 Å². The smallest absolute Gasteiger partial charge is 0.270 e. The van der Waals surface area contributed by atoms with Crippen molar-refractivity contribution in [1.29, 1.82) is 0 Å². The van der Waals surface area contributed by atoms with Crippen LogP contribution in [0.25, 0.3) is 0 Å². The predicted molar refractivity (Wildman–Crippen MR) is 88.1 cm³/mol. The van der Waals surface area contributed by atoms with Crippen molar-refractivity contribution in [1.82, 2.24) is 9.62 Å². The van der Waals surface area contributed by atoms with Gasteiger partial charge in [-0.05, 0) is 31.7 Å². The van der Waals surface area contributed by atoms with E-state index in [4.69, 9.17) is 0 Å². The molecule has 0 spiro atoms. The van der Waals surface area contributed by atoms with Gasteiger partial charge in [0.25, 0.3) is 5.69 Å². The molecular formula is C15H21N3O5S. The van der Waals surface area contributed by atoms with Crippen molar-refractivity contribution in [2.45, 2.75) is 37.5 Å². The van der Waals surface area contributed by atoms with Crippen molar-refractivity contribution >= 4 is 21.6 Å². The molecule has 0 aliphatic carbocycles. The third-order valence-corrected chi connectivity index (χ3v) is 5.61. The minimum Gasteiger partial charge on any atom is -0.343 e. The van der Waals surface area contributed by atoms with Crippen LogP contribution in [0.5, 0.6) is 0 Å². The van der Waals surface area contributed by atoms with Crippen LogP contribution in [0.4, 0.5) is 5.69 Å². The van der Waals surface area contributed by atoms with Crippen LogP contribution in [-0.2, 0) is 14.8 Å². The van der Waals surface area contributed by atoms with Crippen molar-refractivity contribution in [3.8, 4) is 0 Å². The Morgan fingerprint density at radius 3 is 2.58 bits per heavy atom. The first-order chi connectivity index (χ1) is 11.3. The van der Waals surface area contributed by atoms with Gasteiger partial charge in [0.1, 0.15) is 0 Å². The SMILES string of the molecule is Cc1ccc([N+](=O)[O-])cc1S(=O)(=O)NCCC(=O)N1CCCCC1. The van der Waals surface area contributed by atoms with E-state index >= 15 is 0 Å². The fourth-order valence-electron chi connectivity index (χ4n) is 2.66. The summed E-state index contributed by atoms with van der Waals surface area (Å²) in [5, 5.41) is 10.8. The van der Waals surface area contributed by atoms with Gasteiger partial charge in [-0.2, -0.15) is 0 Å². The molecule has 0 atom stereocenters. The number of piperidine rings is 1. The van der Waals surface area contributed by atoms with E-state index in [0.717, 1.165) is 38.4 Å². The van der Waals surface area contributed by atoms with Gasteiger partial charge in [-0.1, -0.05) is 6.07 Å². The highest BCUT2D eigenvalue weighted by Crippen LogP contribution is 2.21. The van der Waals surface area contributed by atoms with E-state index in [0.29, 0.717) is 5.56 Å². The molecule has 1 aliphatic heterocycles. The molecule has 2 rings (SSSR count). The third-order valence-electron chi connectivity index (χ3n) is 4.01. The summed E-state index contributed by atoms with van der Waals surface area (Å²) < 4.78 is 27.0. The Balaban J connectivity index is 1.99. The van der Waals surface area contributed by atoms with Crippen LogP contribution in [0.3, 0.4) is 0 Å². The summed E-state index contributed by atoms with van der Waals surface area (Å²) in [5.41, 5.74) is 0.126. The highest BCUT2D eigenvalue weighted by atomic mass is 32.2. The zero-order valence-corrected chi connectivity index (χ0v) is 14.3. The van der Waals surface area contributed by atoms with E-state index in [-0.39, 0.29) is 29.5 Å². The first-order valence-electron chi connectivity index (χ1n) is 7.84. The first kappa shape index (κ1) is 18.3. The number of likely N-dealkylation sites (tertiary alicyclic amines) is 1. The number of benzene rings is 1. The molecule has 8 nitrogen and oxygen atoms in total. The Morgan fingerprint density at radius 2 is 1.96 bits per heavy atom. The molecule has 1 fully saturated rings. The van der Waals surface area contributed by atoms with Gasteiger partial charge in [-0.3, -0.25) is 14.9 Å². The predicted octanol–water partition coefficient (Wildman–Crippen LogP) is 1.58. The molecule has 1 aromatic carbocycles. The highest BCUT2D eigenvalue weighted by molar-refractivity contribution is 7.89. The number of aryl methyl sites for hydroxylation is 1. The standard InChI is InChI=1S/C15H21N3O5S/c1-12-5-6-13(18(20)21)11-14(12)24(22,23)16-8-7-15(19)17-9-3-2-4-10-17/h5-6,11,16H,2-4,7-10H2,1H3. The largest absolute Gasteiger partial charge is 0.343 e. The van der Waals surface area contributed by atoms with Gasteiger partial charge in [0, 0.05) is 38.2 Å². The number of sulfonamides is 1. The van der Waals surface area contributed by atoms with Gasteiger partial charge in [-0.25, -0.2) is 13.1 Å². The molecule has 1 N–H and O–H groups in total. The minimum absolute atomic E-state index is 0.0280. The fourth-order valence-corrected chi connectivity index (χ4v) is 3.96. The number of nitro benzene ring substituents is 1. The maximum Gasteiger partial charge on any atom is 0.270 e. The summed E-state index contributed by atoms with van der Waals surface area (Å²) in [4.78, 5) is 23.8. The summed E-state index contributed by atoms with van der Waals surface area (Å²) in [5.74, 6) is -0.0758. The van der Waals surface area contributed by atoms with Gasteiger partial charge < -0.3 is 4.90 Å². The molecule has 24 heavy (non-hydrogen) atoms. The van der Waals surface area contributed by atoms with Gasteiger partial charge >= 0.3 is 0 Å². The summed E-state index contributed by atoms with van der Waals surface area (Å²) >= 11 is 0. The van der Waals surface area contributed by atoms with Crippen molar-refractivity contribution in [3.63, 3.8) is 0 Å². The quantitative estimate of drug-likeness (QED) is 0.615. The topological polar surface area (TPSA) is 110 Å². The molecule has 1 heterocycles. The van der Waals surface area contributed by atoms with Crippen LogP contribution in [0, 0.1) is 17.0 Å². The molecule has 1 amide bonds. The number of hydrogen-bond acceptors (Lipinski definition) is 5. The molecular weight excluding hydrogens is 334 g/mol. The monoisotopic (exact) mass is 355 g/mol. The second kappa shape index (κ2) is 7.71. The summed E-state index contributed by atoms with van der Waals surface area (Å²) in [7, 11) is -3.90. The van der Waals surface area contributed by atoms with Gasteiger partial charge in [0.2, 0.25) is 15.9 Å². The first-order valence-corrected chi connectivity index (χ1v) is 9.32. The molecule has 132 valence electrons. The summed E-state index contributed by atoms with van der Waals surface area (Å²) in [6.45, 7) is 2.97.